The quantitative estimate of drug-likeness (QED) is 0.794. The zero-order valence-corrected chi connectivity index (χ0v) is 10.9. The Balaban J connectivity index is 1.72. The number of aliphatic hydroxyl groups is 1. The van der Waals surface area contributed by atoms with Crippen molar-refractivity contribution in [2.24, 2.45) is 0 Å². The van der Waals surface area contributed by atoms with Crippen LogP contribution in [0.2, 0.25) is 0 Å². The highest BCUT2D eigenvalue weighted by Gasteiger charge is 2.14. The monoisotopic (exact) mass is 290 g/mol. The van der Waals surface area contributed by atoms with E-state index in [-0.39, 0.29) is 12.4 Å². The predicted molar refractivity (Wildman–Crippen MR) is 73.0 cm³/mol. The molecular formula is C16H12F2O3. The first kappa shape index (κ1) is 13.6. The van der Waals surface area contributed by atoms with Crippen LogP contribution in [0.5, 0.6) is 5.75 Å². The molecule has 0 bridgehead atoms. The number of aliphatic hydroxyl groups excluding tert-OH is 1. The van der Waals surface area contributed by atoms with Crippen molar-refractivity contribution in [1.29, 1.82) is 0 Å². The van der Waals surface area contributed by atoms with Crippen LogP contribution < -0.4 is 4.74 Å². The fourth-order valence-electron chi connectivity index (χ4n) is 2.04. The van der Waals surface area contributed by atoms with Crippen LogP contribution in [0.4, 0.5) is 8.78 Å². The fourth-order valence-corrected chi connectivity index (χ4v) is 2.04. The summed E-state index contributed by atoms with van der Waals surface area (Å²) >= 11 is 0. The molecule has 0 saturated carbocycles. The van der Waals surface area contributed by atoms with Crippen LogP contribution in [0.15, 0.2) is 52.9 Å². The zero-order chi connectivity index (χ0) is 14.8. The third-order valence-corrected chi connectivity index (χ3v) is 3.02. The fraction of sp³-hybridized carbons (Fsp3) is 0.125. The molecule has 2 aromatic carbocycles. The summed E-state index contributed by atoms with van der Waals surface area (Å²) in [4.78, 5) is 0. The topological polar surface area (TPSA) is 42.6 Å². The molecule has 0 aliphatic rings. The second-order valence-electron chi connectivity index (χ2n) is 4.62. The highest BCUT2D eigenvalue weighted by molar-refractivity contribution is 5.77. The highest BCUT2D eigenvalue weighted by atomic mass is 19.1. The van der Waals surface area contributed by atoms with E-state index in [9.17, 15) is 13.9 Å². The Bertz CT molecular complexity index is 714. The van der Waals surface area contributed by atoms with Crippen molar-refractivity contribution in [3.8, 4) is 5.75 Å². The summed E-state index contributed by atoms with van der Waals surface area (Å²) in [6, 6.07) is 11.9. The van der Waals surface area contributed by atoms with Crippen LogP contribution in [0.25, 0.3) is 11.0 Å². The maximum atomic E-state index is 13.0. The summed E-state index contributed by atoms with van der Waals surface area (Å²) in [6.45, 7) is -0.164. The van der Waals surface area contributed by atoms with E-state index in [0.29, 0.717) is 11.3 Å². The van der Waals surface area contributed by atoms with Gasteiger partial charge >= 0.3 is 0 Å². The van der Waals surface area contributed by atoms with Gasteiger partial charge < -0.3 is 14.3 Å². The summed E-state index contributed by atoms with van der Waals surface area (Å²) in [6.07, 6.45) is -1.02. The van der Waals surface area contributed by atoms with Crippen LogP contribution in [0, 0.1) is 11.6 Å². The van der Waals surface area contributed by atoms with Gasteiger partial charge in [-0.2, -0.15) is 0 Å². The Morgan fingerprint density at radius 2 is 1.76 bits per heavy atom. The van der Waals surface area contributed by atoms with E-state index in [1.165, 1.54) is 0 Å². The number of benzene rings is 2. The summed E-state index contributed by atoms with van der Waals surface area (Å²) in [5.41, 5.74) is 0.656. The number of hydrogen-bond donors (Lipinski definition) is 1. The molecule has 0 saturated heterocycles. The molecule has 0 aliphatic heterocycles. The minimum absolute atomic E-state index is 0.0164. The first-order valence-corrected chi connectivity index (χ1v) is 6.37. The lowest BCUT2D eigenvalue weighted by Gasteiger charge is -2.10. The van der Waals surface area contributed by atoms with Crippen LogP contribution in [-0.4, -0.2) is 11.7 Å². The van der Waals surface area contributed by atoms with Crippen molar-refractivity contribution in [2.75, 3.05) is 6.61 Å². The molecule has 1 heterocycles. The Morgan fingerprint density at radius 1 is 1.05 bits per heavy atom. The van der Waals surface area contributed by atoms with Crippen molar-refractivity contribution in [2.45, 2.75) is 6.10 Å². The minimum Gasteiger partial charge on any atom is -0.490 e. The average molecular weight is 290 g/mol. The smallest absolute Gasteiger partial charge is 0.145 e. The maximum absolute atomic E-state index is 13.0. The number of para-hydroxylation sites is 1. The Kier molecular flexibility index (Phi) is 3.58. The van der Waals surface area contributed by atoms with Gasteiger partial charge in [0.05, 0.1) is 0 Å². The van der Waals surface area contributed by atoms with Gasteiger partial charge in [0.2, 0.25) is 0 Å². The molecule has 3 rings (SSSR count). The molecule has 1 unspecified atom stereocenters. The Morgan fingerprint density at radius 3 is 2.48 bits per heavy atom. The molecule has 3 aromatic rings. The zero-order valence-electron chi connectivity index (χ0n) is 10.9. The van der Waals surface area contributed by atoms with Crippen LogP contribution in [0.3, 0.4) is 0 Å². The van der Waals surface area contributed by atoms with Crippen molar-refractivity contribution >= 4 is 11.0 Å². The Labute approximate surface area is 119 Å². The molecule has 1 atom stereocenters. The summed E-state index contributed by atoms with van der Waals surface area (Å²) in [7, 11) is 0. The van der Waals surface area contributed by atoms with Crippen LogP contribution >= 0.6 is 0 Å². The van der Waals surface area contributed by atoms with Gasteiger partial charge in [-0.05, 0) is 12.1 Å². The van der Waals surface area contributed by atoms with Gasteiger partial charge in [0.25, 0.3) is 0 Å². The van der Waals surface area contributed by atoms with Gasteiger partial charge in [-0.3, -0.25) is 0 Å². The normalized spacial score (nSPS) is 12.5. The third-order valence-electron chi connectivity index (χ3n) is 3.02. The third kappa shape index (κ3) is 3.03. The van der Waals surface area contributed by atoms with Crippen molar-refractivity contribution in [1.82, 2.24) is 0 Å². The van der Waals surface area contributed by atoms with E-state index in [2.05, 4.69) is 0 Å². The van der Waals surface area contributed by atoms with E-state index in [0.717, 1.165) is 23.6 Å². The first-order chi connectivity index (χ1) is 10.1. The van der Waals surface area contributed by atoms with Gasteiger partial charge in [-0.25, -0.2) is 8.78 Å². The molecule has 0 aliphatic carbocycles. The summed E-state index contributed by atoms with van der Waals surface area (Å²) in [5, 5.41) is 10.9. The van der Waals surface area contributed by atoms with E-state index in [1.807, 2.05) is 18.2 Å². The largest absolute Gasteiger partial charge is 0.490 e. The lowest BCUT2D eigenvalue weighted by Crippen LogP contribution is -2.09. The first-order valence-electron chi connectivity index (χ1n) is 6.37. The molecule has 1 aromatic heterocycles. The predicted octanol–water partition coefficient (Wildman–Crippen LogP) is 3.82. The van der Waals surface area contributed by atoms with Crippen LogP contribution in [-0.2, 0) is 0 Å². The summed E-state index contributed by atoms with van der Waals surface area (Å²) in [5.74, 6) is -1.11. The minimum atomic E-state index is -1.02. The van der Waals surface area contributed by atoms with E-state index in [1.54, 1.807) is 12.1 Å². The number of ether oxygens (including phenoxy) is 1. The van der Waals surface area contributed by atoms with Crippen molar-refractivity contribution in [3.05, 3.63) is 65.9 Å². The second kappa shape index (κ2) is 5.54. The number of rotatable bonds is 4. The number of hydrogen-bond acceptors (Lipinski definition) is 3. The van der Waals surface area contributed by atoms with Gasteiger partial charge in [-0.15, -0.1) is 0 Å². The maximum Gasteiger partial charge on any atom is 0.145 e. The summed E-state index contributed by atoms with van der Waals surface area (Å²) < 4.78 is 36.7. The number of halogens is 2. The molecule has 1 N–H and O–H groups in total. The highest BCUT2D eigenvalue weighted by Crippen LogP contribution is 2.24. The molecule has 0 fully saturated rings. The average Bonchev–Trinajstić information content (AvgIpc) is 2.87. The molecular weight excluding hydrogens is 278 g/mol. The van der Waals surface area contributed by atoms with Gasteiger partial charge in [0.1, 0.15) is 41.4 Å². The van der Waals surface area contributed by atoms with Gasteiger partial charge in [0.15, 0.2) is 0 Å². The lowest BCUT2D eigenvalue weighted by atomic mass is 10.2. The van der Waals surface area contributed by atoms with Gasteiger partial charge in [-0.1, -0.05) is 18.2 Å². The van der Waals surface area contributed by atoms with E-state index >= 15 is 0 Å². The van der Waals surface area contributed by atoms with E-state index in [4.69, 9.17) is 9.15 Å². The molecule has 0 spiro atoms. The molecule has 0 radical (unpaired) electrons. The molecule has 5 heteroatoms. The lowest BCUT2D eigenvalue weighted by molar-refractivity contribution is 0.0900. The molecule has 3 nitrogen and oxygen atoms in total. The van der Waals surface area contributed by atoms with Crippen molar-refractivity contribution < 1.29 is 23.0 Å². The molecule has 108 valence electrons. The van der Waals surface area contributed by atoms with E-state index < -0.39 is 17.7 Å². The molecule has 21 heavy (non-hydrogen) atoms. The standard InChI is InChI=1S/C16H12F2O3/c17-11-6-12(18)8-13(7-11)20-9-14(19)16-5-10-3-1-2-4-15(10)21-16/h1-8,14,19H,9H2. The SMILES string of the molecule is OC(COc1cc(F)cc(F)c1)c1cc2ccccc2o1. The number of fused-ring (bicyclic) bond motifs is 1. The van der Waals surface area contributed by atoms with Crippen molar-refractivity contribution in [3.63, 3.8) is 0 Å². The van der Waals surface area contributed by atoms with Crippen LogP contribution in [0.1, 0.15) is 11.9 Å². The van der Waals surface area contributed by atoms with Gasteiger partial charge in [0, 0.05) is 23.6 Å². The number of furan rings is 1. The molecule has 0 amide bonds. The Hall–Kier alpha value is -2.40. The second-order valence-corrected chi connectivity index (χ2v) is 4.62.